The van der Waals surface area contributed by atoms with Gasteiger partial charge in [-0.25, -0.2) is 19.7 Å². The third kappa shape index (κ3) is 5.13. The van der Waals surface area contributed by atoms with Crippen molar-refractivity contribution in [2.45, 2.75) is 18.8 Å². The van der Waals surface area contributed by atoms with Crippen molar-refractivity contribution in [3.05, 3.63) is 105 Å². The first-order valence-electron chi connectivity index (χ1n) is 12.0. The van der Waals surface area contributed by atoms with Crippen molar-refractivity contribution in [3.8, 4) is 11.3 Å². The smallest absolute Gasteiger partial charge is 0.414 e. The first kappa shape index (κ1) is 25.1. The van der Waals surface area contributed by atoms with E-state index in [0.717, 1.165) is 39.2 Å². The number of aromatic nitrogens is 2. The lowest BCUT2D eigenvalue weighted by atomic mass is 9.78. The minimum atomic E-state index is -1.08. The molecule has 0 saturated carbocycles. The number of hydrogen-bond donors (Lipinski definition) is 1. The van der Waals surface area contributed by atoms with Crippen LogP contribution in [0.1, 0.15) is 28.2 Å². The molecule has 188 valence electrons. The number of hydrogen-bond acceptors (Lipinski definition) is 4. The van der Waals surface area contributed by atoms with Crippen LogP contribution in [0.3, 0.4) is 0 Å². The van der Waals surface area contributed by atoms with Gasteiger partial charge in [-0.15, -0.1) is 0 Å². The van der Waals surface area contributed by atoms with Crippen molar-refractivity contribution in [3.63, 3.8) is 0 Å². The summed E-state index contributed by atoms with van der Waals surface area (Å²) < 4.78 is 0. The van der Waals surface area contributed by atoms with Crippen LogP contribution in [-0.4, -0.2) is 41.8 Å². The first-order chi connectivity index (χ1) is 17.8. The van der Waals surface area contributed by atoms with Gasteiger partial charge in [0.25, 0.3) is 0 Å². The number of carboxylic acid groups (broad SMARTS) is 1. The number of halogens is 2. The molecule has 4 aromatic rings. The van der Waals surface area contributed by atoms with E-state index in [4.69, 9.17) is 28.2 Å². The summed E-state index contributed by atoms with van der Waals surface area (Å²) in [4.78, 5) is 24.7. The third-order valence-corrected chi connectivity index (χ3v) is 7.50. The number of carbonyl (C=O) groups is 1. The molecule has 37 heavy (non-hydrogen) atoms. The fourth-order valence-electron chi connectivity index (χ4n) is 4.77. The summed E-state index contributed by atoms with van der Waals surface area (Å²) >= 11 is 12.5. The number of rotatable bonds is 6. The molecule has 1 aliphatic rings. The maximum Gasteiger partial charge on any atom is 0.414 e. The van der Waals surface area contributed by atoms with Crippen molar-refractivity contribution in [2.24, 2.45) is 0 Å². The Morgan fingerprint density at radius 2 is 1.78 bits per heavy atom. The lowest BCUT2D eigenvalue weighted by molar-refractivity contribution is 0.201. The highest BCUT2D eigenvalue weighted by Gasteiger charge is 2.29. The highest BCUT2D eigenvalue weighted by Crippen LogP contribution is 2.43. The van der Waals surface area contributed by atoms with Crippen LogP contribution in [0.5, 0.6) is 0 Å². The Morgan fingerprint density at radius 1 is 1.03 bits per heavy atom. The number of benzene rings is 3. The topological polar surface area (TPSA) is 69.6 Å². The molecule has 0 unspecified atom stereocenters. The van der Waals surface area contributed by atoms with Gasteiger partial charge < -0.3 is 10.0 Å². The molecule has 6 nitrogen and oxygen atoms in total. The Balaban J connectivity index is 1.44. The highest BCUT2D eigenvalue weighted by atomic mass is 35.5. The molecule has 0 bridgehead atoms. The number of anilines is 2. The molecular formula is C29H26Cl2N4O2. The summed E-state index contributed by atoms with van der Waals surface area (Å²) in [5, 5.41) is 11.0. The van der Waals surface area contributed by atoms with Crippen LogP contribution in [0.15, 0.2) is 72.9 Å². The minimum absolute atomic E-state index is 0.0635. The number of nitrogens with zero attached hydrogens (tertiary/aromatic N) is 4. The van der Waals surface area contributed by atoms with Crippen LogP contribution in [0.25, 0.3) is 11.3 Å². The van der Waals surface area contributed by atoms with Crippen molar-refractivity contribution in [2.75, 3.05) is 30.4 Å². The summed E-state index contributed by atoms with van der Waals surface area (Å²) in [6.45, 7) is 0.253. The fraction of sp³-hybridized carbons (Fsp3) is 0.207. The molecule has 0 saturated heterocycles. The largest absolute Gasteiger partial charge is 0.465 e. The van der Waals surface area contributed by atoms with Gasteiger partial charge in [0.05, 0.1) is 15.7 Å². The van der Waals surface area contributed by atoms with E-state index in [1.807, 2.05) is 79.7 Å². The van der Waals surface area contributed by atoms with E-state index < -0.39 is 6.09 Å². The average molecular weight is 533 g/mol. The van der Waals surface area contributed by atoms with Gasteiger partial charge in [-0.05, 0) is 59.4 Å². The van der Waals surface area contributed by atoms with Crippen LogP contribution >= 0.6 is 23.2 Å². The zero-order valence-corrected chi connectivity index (χ0v) is 22.0. The van der Waals surface area contributed by atoms with Crippen LogP contribution in [0, 0.1) is 0 Å². The second kappa shape index (κ2) is 10.4. The van der Waals surface area contributed by atoms with Gasteiger partial charge in [-0.2, -0.15) is 0 Å². The van der Waals surface area contributed by atoms with Gasteiger partial charge in [0.1, 0.15) is 0 Å². The lowest BCUT2D eigenvalue weighted by Gasteiger charge is -2.28. The predicted octanol–water partition coefficient (Wildman–Crippen LogP) is 6.93. The van der Waals surface area contributed by atoms with Crippen LogP contribution < -0.4 is 9.80 Å². The molecule has 1 N–H and O–H groups in total. The van der Waals surface area contributed by atoms with E-state index >= 15 is 0 Å². The van der Waals surface area contributed by atoms with E-state index in [9.17, 15) is 9.90 Å². The summed E-state index contributed by atoms with van der Waals surface area (Å²) in [6, 6.07) is 21.9. The maximum atomic E-state index is 12.2. The molecule has 3 aromatic carbocycles. The summed E-state index contributed by atoms with van der Waals surface area (Å²) in [6.07, 6.45) is 1.90. The van der Waals surface area contributed by atoms with Gasteiger partial charge in [0.2, 0.25) is 5.95 Å². The molecule has 0 aliphatic heterocycles. The van der Waals surface area contributed by atoms with E-state index in [1.165, 1.54) is 4.90 Å². The second-order valence-corrected chi connectivity index (χ2v) is 10.1. The lowest BCUT2D eigenvalue weighted by Crippen LogP contribution is -2.33. The zero-order valence-electron chi connectivity index (χ0n) is 20.5. The second-order valence-electron chi connectivity index (χ2n) is 9.31. The van der Waals surface area contributed by atoms with Crippen LogP contribution in [0.2, 0.25) is 10.0 Å². The Morgan fingerprint density at radius 3 is 2.49 bits per heavy atom. The Kier molecular flexibility index (Phi) is 7.04. The molecule has 1 heterocycles. The predicted molar refractivity (Wildman–Crippen MR) is 149 cm³/mol. The molecule has 1 atom stereocenters. The summed E-state index contributed by atoms with van der Waals surface area (Å²) in [7, 11) is 3.97. The molecule has 0 spiro atoms. The monoisotopic (exact) mass is 532 g/mol. The average Bonchev–Trinajstić information content (AvgIpc) is 2.90. The molecule has 0 radical (unpaired) electrons. The molecule has 1 aliphatic carbocycles. The van der Waals surface area contributed by atoms with E-state index in [1.54, 1.807) is 6.20 Å². The van der Waals surface area contributed by atoms with Gasteiger partial charge in [0.15, 0.2) is 0 Å². The Hall–Kier alpha value is -3.61. The zero-order chi connectivity index (χ0) is 26.1. The van der Waals surface area contributed by atoms with Crippen LogP contribution in [0.4, 0.5) is 16.4 Å². The Bertz CT molecular complexity index is 1460. The van der Waals surface area contributed by atoms with E-state index in [2.05, 4.69) is 11.1 Å². The van der Waals surface area contributed by atoms with Gasteiger partial charge in [0, 0.05) is 44.0 Å². The van der Waals surface area contributed by atoms with E-state index in [0.29, 0.717) is 22.9 Å². The van der Waals surface area contributed by atoms with Gasteiger partial charge in [-0.1, -0.05) is 65.7 Å². The Labute approximate surface area is 226 Å². The van der Waals surface area contributed by atoms with Crippen molar-refractivity contribution < 1.29 is 9.90 Å². The molecule has 1 aromatic heterocycles. The SMILES string of the molecule is CN(C)c1ccc(CCN(C(=O)O)c2ncc3c(n2)-c2ccccc2[C@H](c2ccc(Cl)c(Cl)c2)C3)cc1. The molecule has 1 amide bonds. The van der Waals surface area contributed by atoms with Crippen molar-refractivity contribution in [1.82, 2.24) is 9.97 Å². The number of amides is 1. The third-order valence-electron chi connectivity index (χ3n) is 6.76. The quantitative estimate of drug-likeness (QED) is 0.291. The van der Waals surface area contributed by atoms with Crippen molar-refractivity contribution in [1.29, 1.82) is 0 Å². The summed E-state index contributed by atoms with van der Waals surface area (Å²) in [5.74, 6) is 0.243. The van der Waals surface area contributed by atoms with Crippen LogP contribution in [-0.2, 0) is 12.8 Å². The molecular weight excluding hydrogens is 507 g/mol. The van der Waals surface area contributed by atoms with Gasteiger partial charge in [-0.3, -0.25) is 0 Å². The standard InChI is InChI=1S/C29H26Cl2N4O2/c1-34(2)21-10-7-18(8-11-21)13-14-35(29(36)37)28-32-17-20-15-24(19-9-12-25(30)26(31)16-19)22-5-3-4-6-23(22)27(20)33-28/h3-12,16-17,24H,13-15H2,1-2H3,(H,36,37)/t24-/m0/s1. The fourth-order valence-corrected chi connectivity index (χ4v) is 5.07. The summed E-state index contributed by atoms with van der Waals surface area (Å²) in [5.41, 5.74) is 7.00. The normalized spacial score (nSPS) is 14.0. The molecule has 5 rings (SSSR count). The first-order valence-corrected chi connectivity index (χ1v) is 12.7. The highest BCUT2D eigenvalue weighted by molar-refractivity contribution is 6.42. The molecule has 8 heteroatoms. The minimum Gasteiger partial charge on any atom is -0.465 e. The maximum absolute atomic E-state index is 12.2. The van der Waals surface area contributed by atoms with Gasteiger partial charge >= 0.3 is 6.09 Å². The molecule has 0 fully saturated rings. The van der Waals surface area contributed by atoms with E-state index in [-0.39, 0.29) is 18.4 Å². The number of fused-ring (bicyclic) bond motifs is 3. The van der Waals surface area contributed by atoms with Crippen molar-refractivity contribution >= 4 is 40.9 Å².